The Morgan fingerprint density at radius 3 is 1.58 bits per heavy atom. The van der Waals surface area contributed by atoms with Crippen LogP contribution in [0.1, 0.15) is 16.7 Å². The third-order valence-corrected chi connectivity index (χ3v) is 7.10. The molecule has 4 rings (SSSR count). The van der Waals surface area contributed by atoms with Gasteiger partial charge in [-0.3, -0.25) is 0 Å². The molecule has 0 atom stereocenters. The second kappa shape index (κ2) is 12.0. The summed E-state index contributed by atoms with van der Waals surface area (Å²) in [6, 6.07) is 24.5. The lowest BCUT2D eigenvalue weighted by Crippen LogP contribution is -2.49. The summed E-state index contributed by atoms with van der Waals surface area (Å²) in [7, 11) is 4.81. The molecule has 7 heteroatoms. The summed E-state index contributed by atoms with van der Waals surface area (Å²) in [6.45, 7) is 3.12. The Morgan fingerprint density at radius 2 is 1.14 bits per heavy atom. The van der Waals surface area contributed by atoms with Crippen molar-refractivity contribution in [1.29, 1.82) is 0 Å². The molecule has 36 heavy (non-hydrogen) atoms. The van der Waals surface area contributed by atoms with Crippen molar-refractivity contribution in [2.24, 2.45) is 0 Å². The number of hydrogen-bond donors (Lipinski definition) is 0. The molecule has 0 radical (unpaired) electrons. The molecule has 1 aliphatic rings. The fourth-order valence-corrected chi connectivity index (χ4v) is 4.90. The number of thiocarbonyl (C=S) groups is 2. The predicted molar refractivity (Wildman–Crippen MR) is 154 cm³/mol. The van der Waals surface area contributed by atoms with Crippen LogP contribution in [0.3, 0.4) is 0 Å². The number of methoxy groups -OCH3 is 3. The number of benzene rings is 3. The van der Waals surface area contributed by atoms with Crippen LogP contribution in [0.2, 0.25) is 0 Å². The number of hydrogen-bond acceptors (Lipinski definition) is 5. The monoisotopic (exact) mass is 518 g/mol. The molecular weight excluding hydrogens is 488 g/mol. The van der Waals surface area contributed by atoms with Crippen molar-refractivity contribution < 1.29 is 14.2 Å². The Hall–Kier alpha value is -3.42. The summed E-state index contributed by atoms with van der Waals surface area (Å²) in [5.74, 6) is 1.74. The molecule has 0 unspecified atom stereocenters. The highest BCUT2D eigenvalue weighted by molar-refractivity contribution is 7.80. The normalized spacial score (nSPS) is 13.1. The maximum Gasteiger partial charge on any atom is 0.203 e. The van der Waals surface area contributed by atoms with Gasteiger partial charge in [0.15, 0.2) is 11.5 Å². The maximum absolute atomic E-state index is 5.89. The largest absolute Gasteiger partial charge is 0.493 e. The van der Waals surface area contributed by atoms with Crippen molar-refractivity contribution in [3.63, 3.8) is 0 Å². The summed E-state index contributed by atoms with van der Waals surface area (Å²) < 4.78 is 16.4. The fourth-order valence-electron chi connectivity index (χ4n) is 4.30. The van der Waals surface area contributed by atoms with E-state index < -0.39 is 0 Å². The van der Waals surface area contributed by atoms with E-state index >= 15 is 0 Å². The smallest absolute Gasteiger partial charge is 0.203 e. The Balaban J connectivity index is 1.49. The lowest BCUT2D eigenvalue weighted by atomic mass is 9.97. The molecule has 1 fully saturated rings. The van der Waals surface area contributed by atoms with Crippen LogP contribution in [-0.4, -0.2) is 67.3 Å². The number of nitrogens with zero attached hydrogens (tertiary/aromatic N) is 2. The Bertz CT molecular complexity index is 1170. The Labute approximate surface area is 223 Å². The molecule has 3 aromatic rings. The molecule has 0 N–H and O–H groups in total. The molecule has 0 bridgehead atoms. The van der Waals surface area contributed by atoms with E-state index in [4.69, 9.17) is 38.6 Å². The Morgan fingerprint density at radius 1 is 0.667 bits per heavy atom. The molecule has 0 aliphatic carbocycles. The molecule has 0 saturated carbocycles. The minimum atomic E-state index is 0.557. The molecular formula is C29H30N2O3S2. The van der Waals surface area contributed by atoms with Crippen molar-refractivity contribution in [1.82, 2.24) is 9.80 Å². The third-order valence-electron chi connectivity index (χ3n) is 6.23. The molecule has 0 spiro atoms. The Kier molecular flexibility index (Phi) is 8.57. The molecule has 1 heterocycles. The van der Waals surface area contributed by atoms with Crippen LogP contribution >= 0.6 is 24.4 Å². The van der Waals surface area contributed by atoms with Gasteiger partial charge in [-0.1, -0.05) is 85.1 Å². The van der Waals surface area contributed by atoms with Crippen molar-refractivity contribution >= 4 is 40.0 Å². The molecule has 0 aromatic heterocycles. The standard InChI is InChI=1S/C29H30N2O3S2/c1-32-25-18-23(19-26(33-2)28(25)34-3)29(36)31-16-14-30(15-17-31)27(35)20-24(21-10-6-4-7-11-21)22-12-8-5-9-13-22/h4-13,18-20H,14-17H2,1-3H3. The molecule has 1 aliphatic heterocycles. The van der Waals surface area contributed by atoms with Crippen molar-refractivity contribution in [2.75, 3.05) is 47.5 Å². The first kappa shape index (κ1) is 25.7. The van der Waals surface area contributed by atoms with E-state index in [-0.39, 0.29) is 0 Å². The predicted octanol–water partition coefficient (Wildman–Crippen LogP) is 5.46. The first-order valence-corrected chi connectivity index (χ1v) is 12.6. The van der Waals surface area contributed by atoms with Gasteiger partial charge in [0, 0.05) is 31.7 Å². The van der Waals surface area contributed by atoms with Gasteiger partial charge in [-0.05, 0) is 34.9 Å². The molecule has 186 valence electrons. The molecule has 1 saturated heterocycles. The summed E-state index contributed by atoms with van der Waals surface area (Å²) in [4.78, 5) is 6.03. The van der Waals surface area contributed by atoms with Gasteiger partial charge in [-0.2, -0.15) is 0 Å². The highest BCUT2D eigenvalue weighted by Crippen LogP contribution is 2.38. The minimum absolute atomic E-state index is 0.557. The molecule has 0 amide bonds. The second-order valence-electron chi connectivity index (χ2n) is 8.32. The van der Waals surface area contributed by atoms with Crippen LogP contribution in [-0.2, 0) is 0 Å². The van der Waals surface area contributed by atoms with E-state index in [1.54, 1.807) is 21.3 Å². The van der Waals surface area contributed by atoms with Gasteiger partial charge in [-0.25, -0.2) is 0 Å². The highest BCUT2D eigenvalue weighted by Gasteiger charge is 2.23. The summed E-state index contributed by atoms with van der Waals surface area (Å²) in [5, 5.41) is 0. The lowest BCUT2D eigenvalue weighted by molar-refractivity contribution is 0.265. The lowest BCUT2D eigenvalue weighted by Gasteiger charge is -2.37. The van der Waals surface area contributed by atoms with E-state index in [0.717, 1.165) is 58.4 Å². The van der Waals surface area contributed by atoms with Gasteiger partial charge in [0.05, 0.1) is 21.3 Å². The third kappa shape index (κ3) is 5.69. The van der Waals surface area contributed by atoms with Crippen LogP contribution in [0.15, 0.2) is 78.9 Å². The van der Waals surface area contributed by atoms with E-state index in [9.17, 15) is 0 Å². The van der Waals surface area contributed by atoms with Gasteiger partial charge < -0.3 is 24.0 Å². The number of piperazine rings is 1. The summed E-state index contributed by atoms with van der Waals surface area (Å²) >= 11 is 11.7. The first-order valence-electron chi connectivity index (χ1n) is 11.8. The number of rotatable bonds is 7. The first-order chi connectivity index (χ1) is 17.5. The summed E-state index contributed by atoms with van der Waals surface area (Å²) in [5.41, 5.74) is 4.28. The van der Waals surface area contributed by atoms with Gasteiger partial charge in [-0.15, -0.1) is 0 Å². The molecule has 5 nitrogen and oxygen atoms in total. The zero-order chi connectivity index (χ0) is 25.5. The van der Waals surface area contributed by atoms with Crippen molar-refractivity contribution in [3.05, 3.63) is 95.6 Å². The van der Waals surface area contributed by atoms with Gasteiger partial charge >= 0.3 is 0 Å². The van der Waals surface area contributed by atoms with Crippen LogP contribution in [0.4, 0.5) is 0 Å². The fraction of sp³-hybridized carbons (Fsp3) is 0.241. The van der Waals surface area contributed by atoms with Crippen LogP contribution < -0.4 is 14.2 Å². The quantitative estimate of drug-likeness (QED) is 0.303. The van der Waals surface area contributed by atoms with E-state index in [2.05, 4.69) is 64.4 Å². The topological polar surface area (TPSA) is 34.2 Å². The van der Waals surface area contributed by atoms with Crippen molar-refractivity contribution in [2.45, 2.75) is 0 Å². The van der Waals surface area contributed by atoms with Crippen LogP contribution in [0.25, 0.3) is 5.57 Å². The van der Waals surface area contributed by atoms with E-state index in [1.807, 2.05) is 24.3 Å². The highest BCUT2D eigenvalue weighted by atomic mass is 32.1. The zero-order valence-electron chi connectivity index (χ0n) is 20.8. The van der Waals surface area contributed by atoms with Crippen molar-refractivity contribution in [3.8, 4) is 17.2 Å². The average Bonchev–Trinajstić information content (AvgIpc) is 2.95. The van der Waals surface area contributed by atoms with E-state index in [0.29, 0.717) is 17.2 Å². The van der Waals surface area contributed by atoms with Crippen LogP contribution in [0, 0.1) is 0 Å². The summed E-state index contributed by atoms with van der Waals surface area (Å²) in [6.07, 6.45) is 2.12. The van der Waals surface area contributed by atoms with Gasteiger partial charge in [0.1, 0.15) is 9.98 Å². The minimum Gasteiger partial charge on any atom is -0.493 e. The molecule has 3 aromatic carbocycles. The van der Waals surface area contributed by atoms with Crippen LogP contribution in [0.5, 0.6) is 17.2 Å². The average molecular weight is 519 g/mol. The van der Waals surface area contributed by atoms with Gasteiger partial charge in [0.25, 0.3) is 0 Å². The van der Waals surface area contributed by atoms with Gasteiger partial charge in [0.2, 0.25) is 5.75 Å². The SMILES string of the molecule is COc1cc(C(=S)N2CCN(C(=S)C=C(c3ccccc3)c3ccccc3)CC2)cc(OC)c1OC. The number of ether oxygens (including phenoxy) is 3. The maximum atomic E-state index is 5.89. The van der Waals surface area contributed by atoms with E-state index in [1.165, 1.54) is 0 Å². The second-order valence-corrected chi connectivity index (χ2v) is 9.13. The zero-order valence-corrected chi connectivity index (χ0v) is 22.4.